The van der Waals surface area contributed by atoms with Gasteiger partial charge in [-0.3, -0.25) is 16.0 Å². The van der Waals surface area contributed by atoms with Crippen LogP contribution in [0.2, 0.25) is 0 Å². The van der Waals surface area contributed by atoms with Crippen LogP contribution in [0.25, 0.3) is 0 Å². The molecule has 86 valence electrons. The van der Waals surface area contributed by atoms with Crippen LogP contribution in [0.5, 0.6) is 0 Å². The molecule has 0 fully saturated rings. The number of nitrogens with one attached hydrogen (secondary N) is 1. The third-order valence-corrected chi connectivity index (χ3v) is 2.50. The maximum Gasteiger partial charge on any atom is 0.0843 e. The molecule has 0 amide bonds. The van der Waals surface area contributed by atoms with E-state index in [1.807, 2.05) is 13.2 Å². The molecule has 5 nitrogen and oxygen atoms in total. The lowest BCUT2D eigenvalue weighted by Gasteiger charge is -2.13. The lowest BCUT2D eigenvalue weighted by atomic mass is 10.0. The standard InChI is InChI=1S/C10H21N5/c1-3-4-5-6-9(12-11)7-10-8-15(2)14-13-10/h8-9,12H,3-7,11H2,1-2H3. The van der Waals surface area contributed by atoms with Crippen LogP contribution in [0.1, 0.15) is 38.3 Å². The molecular weight excluding hydrogens is 190 g/mol. The predicted molar refractivity (Wildman–Crippen MR) is 60.0 cm³/mol. The highest BCUT2D eigenvalue weighted by Gasteiger charge is 2.09. The Balaban J connectivity index is 2.33. The number of unbranched alkanes of at least 4 members (excludes halogenated alkanes) is 2. The topological polar surface area (TPSA) is 68.8 Å². The number of nitrogens with two attached hydrogens (primary N) is 1. The van der Waals surface area contributed by atoms with E-state index in [1.165, 1.54) is 19.3 Å². The zero-order chi connectivity index (χ0) is 11.1. The molecule has 0 aliphatic rings. The number of hydrazine groups is 1. The Morgan fingerprint density at radius 1 is 1.53 bits per heavy atom. The van der Waals surface area contributed by atoms with E-state index in [4.69, 9.17) is 5.84 Å². The monoisotopic (exact) mass is 211 g/mol. The summed E-state index contributed by atoms with van der Waals surface area (Å²) in [5.74, 6) is 5.50. The van der Waals surface area contributed by atoms with E-state index in [1.54, 1.807) is 4.68 Å². The van der Waals surface area contributed by atoms with Crippen molar-refractivity contribution >= 4 is 0 Å². The van der Waals surface area contributed by atoms with Gasteiger partial charge in [-0.1, -0.05) is 31.4 Å². The van der Waals surface area contributed by atoms with Crippen molar-refractivity contribution in [3.8, 4) is 0 Å². The van der Waals surface area contributed by atoms with Crippen molar-refractivity contribution < 1.29 is 0 Å². The third kappa shape index (κ3) is 4.40. The molecule has 0 radical (unpaired) electrons. The van der Waals surface area contributed by atoms with Gasteiger partial charge in [0.25, 0.3) is 0 Å². The van der Waals surface area contributed by atoms with E-state index in [-0.39, 0.29) is 0 Å². The van der Waals surface area contributed by atoms with E-state index in [0.717, 1.165) is 18.5 Å². The van der Waals surface area contributed by atoms with Crippen LogP contribution in [0.4, 0.5) is 0 Å². The largest absolute Gasteiger partial charge is 0.271 e. The van der Waals surface area contributed by atoms with Gasteiger partial charge >= 0.3 is 0 Å². The molecule has 5 heteroatoms. The molecule has 0 saturated carbocycles. The minimum atomic E-state index is 0.313. The van der Waals surface area contributed by atoms with Crippen molar-refractivity contribution in [1.82, 2.24) is 20.4 Å². The van der Waals surface area contributed by atoms with Crippen LogP contribution in [-0.4, -0.2) is 21.0 Å². The van der Waals surface area contributed by atoms with Gasteiger partial charge in [-0.2, -0.15) is 0 Å². The summed E-state index contributed by atoms with van der Waals surface area (Å²) in [5.41, 5.74) is 3.84. The summed E-state index contributed by atoms with van der Waals surface area (Å²) in [6.45, 7) is 2.20. The Bertz CT molecular complexity index is 271. The quantitative estimate of drug-likeness (QED) is 0.397. The molecule has 0 spiro atoms. The van der Waals surface area contributed by atoms with Crippen LogP contribution in [0, 0.1) is 0 Å². The zero-order valence-electron chi connectivity index (χ0n) is 9.61. The molecular formula is C10H21N5. The number of nitrogens with zero attached hydrogens (tertiary/aromatic N) is 3. The van der Waals surface area contributed by atoms with Crippen molar-refractivity contribution in [1.29, 1.82) is 0 Å². The van der Waals surface area contributed by atoms with Crippen molar-refractivity contribution in [2.24, 2.45) is 12.9 Å². The SMILES string of the molecule is CCCCCC(Cc1cn(C)nn1)NN. The zero-order valence-corrected chi connectivity index (χ0v) is 9.61. The van der Waals surface area contributed by atoms with Gasteiger partial charge < -0.3 is 0 Å². The highest BCUT2D eigenvalue weighted by atomic mass is 15.4. The van der Waals surface area contributed by atoms with E-state index >= 15 is 0 Å². The molecule has 1 atom stereocenters. The fraction of sp³-hybridized carbons (Fsp3) is 0.800. The molecule has 15 heavy (non-hydrogen) atoms. The molecule has 0 aliphatic carbocycles. The normalized spacial score (nSPS) is 13.0. The van der Waals surface area contributed by atoms with Gasteiger partial charge in [0.1, 0.15) is 0 Å². The van der Waals surface area contributed by atoms with Crippen LogP contribution in [-0.2, 0) is 13.5 Å². The molecule has 1 aromatic heterocycles. The average Bonchev–Trinajstić information content (AvgIpc) is 2.63. The Kier molecular flexibility index (Phi) is 5.28. The highest BCUT2D eigenvalue weighted by molar-refractivity contribution is 4.95. The van der Waals surface area contributed by atoms with Crippen LogP contribution < -0.4 is 11.3 Å². The first kappa shape index (κ1) is 12.1. The number of aromatic nitrogens is 3. The Morgan fingerprint density at radius 2 is 2.33 bits per heavy atom. The maximum atomic E-state index is 5.50. The fourth-order valence-corrected chi connectivity index (χ4v) is 1.63. The second-order valence-corrected chi connectivity index (χ2v) is 3.95. The first-order valence-electron chi connectivity index (χ1n) is 5.57. The van der Waals surface area contributed by atoms with Crippen molar-refractivity contribution in [3.05, 3.63) is 11.9 Å². The minimum Gasteiger partial charge on any atom is -0.271 e. The number of hydrogen-bond acceptors (Lipinski definition) is 4. The van der Waals surface area contributed by atoms with E-state index < -0.39 is 0 Å². The number of aryl methyl sites for hydroxylation is 1. The van der Waals surface area contributed by atoms with Crippen molar-refractivity contribution in [3.63, 3.8) is 0 Å². The van der Waals surface area contributed by atoms with E-state index in [0.29, 0.717) is 6.04 Å². The van der Waals surface area contributed by atoms with Gasteiger partial charge in [0.15, 0.2) is 0 Å². The molecule has 0 aliphatic heterocycles. The molecule has 1 heterocycles. The molecule has 0 bridgehead atoms. The smallest absolute Gasteiger partial charge is 0.0843 e. The van der Waals surface area contributed by atoms with Gasteiger partial charge in [0.2, 0.25) is 0 Å². The lowest BCUT2D eigenvalue weighted by Crippen LogP contribution is -2.36. The summed E-state index contributed by atoms with van der Waals surface area (Å²) in [6.07, 6.45) is 7.60. The summed E-state index contributed by atoms with van der Waals surface area (Å²) in [6, 6.07) is 0.313. The second-order valence-electron chi connectivity index (χ2n) is 3.95. The molecule has 0 saturated heterocycles. The Hall–Kier alpha value is -0.940. The Morgan fingerprint density at radius 3 is 2.87 bits per heavy atom. The summed E-state index contributed by atoms with van der Waals surface area (Å²) < 4.78 is 1.72. The fourth-order valence-electron chi connectivity index (χ4n) is 1.63. The number of hydrogen-bond donors (Lipinski definition) is 2. The van der Waals surface area contributed by atoms with Crippen LogP contribution >= 0.6 is 0 Å². The summed E-state index contributed by atoms with van der Waals surface area (Å²) in [7, 11) is 1.87. The van der Waals surface area contributed by atoms with Crippen LogP contribution in [0.15, 0.2) is 6.20 Å². The minimum absolute atomic E-state index is 0.313. The average molecular weight is 211 g/mol. The maximum absolute atomic E-state index is 5.50. The van der Waals surface area contributed by atoms with E-state index in [9.17, 15) is 0 Å². The van der Waals surface area contributed by atoms with Crippen molar-refractivity contribution in [2.75, 3.05) is 0 Å². The van der Waals surface area contributed by atoms with Gasteiger partial charge in [0.05, 0.1) is 5.69 Å². The molecule has 1 aromatic rings. The molecule has 1 rings (SSSR count). The van der Waals surface area contributed by atoms with Crippen LogP contribution in [0.3, 0.4) is 0 Å². The summed E-state index contributed by atoms with van der Waals surface area (Å²) in [4.78, 5) is 0. The summed E-state index contributed by atoms with van der Waals surface area (Å²) in [5, 5.41) is 7.95. The van der Waals surface area contributed by atoms with Crippen molar-refractivity contribution in [2.45, 2.75) is 45.1 Å². The molecule has 1 unspecified atom stereocenters. The van der Waals surface area contributed by atoms with Gasteiger partial charge in [0, 0.05) is 25.7 Å². The Labute approximate surface area is 91.0 Å². The highest BCUT2D eigenvalue weighted by Crippen LogP contribution is 2.07. The first-order valence-corrected chi connectivity index (χ1v) is 5.57. The van der Waals surface area contributed by atoms with Gasteiger partial charge in [-0.25, -0.2) is 0 Å². The van der Waals surface area contributed by atoms with Gasteiger partial charge in [-0.15, -0.1) is 5.10 Å². The van der Waals surface area contributed by atoms with Gasteiger partial charge in [-0.05, 0) is 6.42 Å². The molecule has 0 aromatic carbocycles. The third-order valence-electron chi connectivity index (χ3n) is 2.50. The number of rotatable bonds is 7. The second kappa shape index (κ2) is 6.53. The van der Waals surface area contributed by atoms with E-state index in [2.05, 4.69) is 22.7 Å². The predicted octanol–water partition coefficient (Wildman–Crippen LogP) is 0.770. The molecule has 3 N–H and O–H groups in total. The summed E-state index contributed by atoms with van der Waals surface area (Å²) >= 11 is 0. The lowest BCUT2D eigenvalue weighted by molar-refractivity contribution is 0.463. The first-order chi connectivity index (χ1) is 7.26.